The van der Waals surface area contributed by atoms with Gasteiger partial charge in [-0.2, -0.15) is 0 Å². The van der Waals surface area contributed by atoms with Gasteiger partial charge in [-0.05, 0) is 38.0 Å². The SMILES string of the molecule is Cc1ccnc(SCc2ncc(C)c(N)c2C)n1. The van der Waals surface area contributed by atoms with Crippen molar-refractivity contribution in [3.63, 3.8) is 0 Å². The van der Waals surface area contributed by atoms with E-state index >= 15 is 0 Å². The van der Waals surface area contributed by atoms with Gasteiger partial charge in [-0.3, -0.25) is 4.98 Å². The van der Waals surface area contributed by atoms with E-state index in [1.54, 1.807) is 18.0 Å². The summed E-state index contributed by atoms with van der Waals surface area (Å²) in [4.78, 5) is 13.0. The molecule has 2 N–H and O–H groups in total. The lowest BCUT2D eigenvalue weighted by Crippen LogP contribution is -2.01. The monoisotopic (exact) mass is 260 g/mol. The highest BCUT2D eigenvalue weighted by Crippen LogP contribution is 2.24. The second kappa shape index (κ2) is 5.35. The molecule has 0 aliphatic carbocycles. The number of rotatable bonds is 3. The third-order valence-corrected chi connectivity index (χ3v) is 3.66. The van der Waals surface area contributed by atoms with Crippen LogP contribution in [0, 0.1) is 20.8 Å². The van der Waals surface area contributed by atoms with Crippen LogP contribution in [0.25, 0.3) is 0 Å². The minimum absolute atomic E-state index is 0.736. The molecule has 5 heteroatoms. The number of nitrogens with two attached hydrogens (primary N) is 1. The van der Waals surface area contributed by atoms with Crippen molar-refractivity contribution >= 4 is 17.4 Å². The van der Waals surface area contributed by atoms with Crippen molar-refractivity contribution in [2.45, 2.75) is 31.7 Å². The van der Waals surface area contributed by atoms with Gasteiger partial charge in [0, 0.05) is 29.5 Å². The van der Waals surface area contributed by atoms with Gasteiger partial charge in [0.1, 0.15) is 0 Å². The van der Waals surface area contributed by atoms with Crippen LogP contribution in [0.2, 0.25) is 0 Å². The van der Waals surface area contributed by atoms with Crippen LogP contribution in [0.3, 0.4) is 0 Å². The maximum absolute atomic E-state index is 6.00. The topological polar surface area (TPSA) is 64.7 Å². The van der Waals surface area contributed by atoms with Gasteiger partial charge in [-0.1, -0.05) is 11.8 Å². The number of aromatic nitrogens is 3. The molecule has 0 saturated heterocycles. The van der Waals surface area contributed by atoms with E-state index in [1.165, 1.54) is 0 Å². The van der Waals surface area contributed by atoms with Crippen LogP contribution < -0.4 is 5.73 Å². The van der Waals surface area contributed by atoms with E-state index in [0.29, 0.717) is 0 Å². The van der Waals surface area contributed by atoms with Crippen molar-refractivity contribution in [3.8, 4) is 0 Å². The number of nitrogens with zero attached hydrogens (tertiary/aromatic N) is 3. The minimum Gasteiger partial charge on any atom is -0.398 e. The third kappa shape index (κ3) is 2.79. The molecule has 0 spiro atoms. The Morgan fingerprint density at radius 3 is 2.72 bits per heavy atom. The molecule has 0 fully saturated rings. The van der Waals surface area contributed by atoms with Crippen LogP contribution in [0.1, 0.15) is 22.5 Å². The summed E-state index contributed by atoms with van der Waals surface area (Å²) in [6.07, 6.45) is 3.59. The van der Waals surface area contributed by atoms with Gasteiger partial charge < -0.3 is 5.73 Å². The average molecular weight is 260 g/mol. The lowest BCUT2D eigenvalue weighted by Gasteiger charge is -2.09. The van der Waals surface area contributed by atoms with E-state index in [2.05, 4.69) is 15.0 Å². The molecule has 0 saturated carbocycles. The lowest BCUT2D eigenvalue weighted by molar-refractivity contribution is 0.930. The zero-order valence-electron chi connectivity index (χ0n) is 10.8. The Morgan fingerprint density at radius 1 is 1.22 bits per heavy atom. The number of thioether (sulfide) groups is 1. The molecule has 94 valence electrons. The number of hydrogen-bond acceptors (Lipinski definition) is 5. The second-order valence-electron chi connectivity index (χ2n) is 4.20. The van der Waals surface area contributed by atoms with Crippen molar-refractivity contribution in [3.05, 3.63) is 41.0 Å². The first-order valence-corrected chi connectivity index (χ1v) is 6.69. The highest BCUT2D eigenvalue weighted by atomic mass is 32.2. The highest BCUT2D eigenvalue weighted by Gasteiger charge is 2.07. The summed E-state index contributed by atoms with van der Waals surface area (Å²) in [6.45, 7) is 5.93. The first-order valence-electron chi connectivity index (χ1n) is 5.71. The predicted octanol–water partition coefficient (Wildman–Crippen LogP) is 2.67. The summed E-state index contributed by atoms with van der Waals surface area (Å²) in [7, 11) is 0. The van der Waals surface area contributed by atoms with E-state index in [4.69, 9.17) is 5.73 Å². The standard InChI is InChI=1S/C13H16N4S/c1-8-6-16-11(10(3)12(8)14)7-18-13-15-5-4-9(2)17-13/h4-6H,7H2,1-3H3,(H2,14,16). The molecular weight excluding hydrogens is 244 g/mol. The fraction of sp³-hybridized carbons (Fsp3) is 0.308. The van der Waals surface area contributed by atoms with E-state index in [1.807, 2.05) is 33.0 Å². The summed E-state index contributed by atoms with van der Waals surface area (Å²) in [5.74, 6) is 0.736. The Hall–Kier alpha value is -1.62. The maximum Gasteiger partial charge on any atom is 0.188 e. The normalized spacial score (nSPS) is 10.6. The molecule has 0 amide bonds. The molecule has 0 aliphatic heterocycles. The minimum atomic E-state index is 0.736. The first-order chi connectivity index (χ1) is 8.58. The van der Waals surface area contributed by atoms with Crippen molar-refractivity contribution < 1.29 is 0 Å². The van der Waals surface area contributed by atoms with Gasteiger partial charge in [0.2, 0.25) is 0 Å². The molecule has 2 aromatic heterocycles. The van der Waals surface area contributed by atoms with Crippen LogP contribution in [0.15, 0.2) is 23.6 Å². The number of anilines is 1. The van der Waals surface area contributed by atoms with Gasteiger partial charge in [0.05, 0.1) is 5.69 Å². The van der Waals surface area contributed by atoms with E-state index in [0.717, 1.165) is 39.1 Å². The van der Waals surface area contributed by atoms with Crippen molar-refractivity contribution in [1.29, 1.82) is 0 Å². The molecule has 4 nitrogen and oxygen atoms in total. The Morgan fingerprint density at radius 2 is 2.00 bits per heavy atom. The number of hydrogen-bond donors (Lipinski definition) is 1. The zero-order valence-corrected chi connectivity index (χ0v) is 11.6. The summed E-state index contributed by atoms with van der Waals surface area (Å²) in [5, 5.41) is 0.773. The van der Waals surface area contributed by atoms with Gasteiger partial charge in [-0.25, -0.2) is 9.97 Å². The molecule has 18 heavy (non-hydrogen) atoms. The Labute approximate surface area is 111 Å². The molecule has 0 aromatic carbocycles. The van der Waals surface area contributed by atoms with Crippen molar-refractivity contribution in [2.75, 3.05) is 5.73 Å². The predicted molar refractivity (Wildman–Crippen MR) is 74.5 cm³/mol. The summed E-state index contributed by atoms with van der Waals surface area (Å²) < 4.78 is 0. The number of pyridine rings is 1. The maximum atomic E-state index is 6.00. The number of nitrogen functional groups attached to an aromatic ring is 1. The van der Waals surface area contributed by atoms with Crippen LogP contribution >= 0.6 is 11.8 Å². The fourth-order valence-electron chi connectivity index (χ4n) is 1.57. The van der Waals surface area contributed by atoms with Crippen molar-refractivity contribution in [2.24, 2.45) is 0 Å². The van der Waals surface area contributed by atoms with E-state index in [9.17, 15) is 0 Å². The Bertz CT molecular complexity index is 569. The molecule has 0 bridgehead atoms. The van der Waals surface area contributed by atoms with Crippen LogP contribution in [0.5, 0.6) is 0 Å². The quantitative estimate of drug-likeness (QED) is 0.679. The molecule has 2 heterocycles. The number of aryl methyl sites for hydroxylation is 2. The summed E-state index contributed by atoms with van der Waals surface area (Å²) >= 11 is 1.58. The summed E-state index contributed by atoms with van der Waals surface area (Å²) in [5.41, 5.74) is 10.9. The molecule has 0 aliphatic rings. The highest BCUT2D eigenvalue weighted by molar-refractivity contribution is 7.98. The van der Waals surface area contributed by atoms with Gasteiger partial charge in [0.15, 0.2) is 5.16 Å². The molecular formula is C13H16N4S. The smallest absolute Gasteiger partial charge is 0.188 e. The average Bonchev–Trinajstić information content (AvgIpc) is 2.35. The summed E-state index contributed by atoms with van der Waals surface area (Å²) in [6, 6.07) is 1.89. The van der Waals surface area contributed by atoms with Gasteiger partial charge in [-0.15, -0.1) is 0 Å². The van der Waals surface area contributed by atoms with Crippen LogP contribution in [-0.2, 0) is 5.75 Å². The Balaban J connectivity index is 2.14. The van der Waals surface area contributed by atoms with Crippen molar-refractivity contribution in [1.82, 2.24) is 15.0 Å². The van der Waals surface area contributed by atoms with E-state index < -0.39 is 0 Å². The second-order valence-corrected chi connectivity index (χ2v) is 5.14. The fourth-order valence-corrected chi connectivity index (χ4v) is 2.47. The van der Waals surface area contributed by atoms with Gasteiger partial charge in [0.25, 0.3) is 0 Å². The molecule has 0 unspecified atom stereocenters. The first kappa shape index (κ1) is 12.8. The molecule has 0 radical (unpaired) electrons. The zero-order chi connectivity index (χ0) is 13.1. The Kier molecular flexibility index (Phi) is 3.81. The molecule has 0 atom stereocenters. The molecule has 2 aromatic rings. The molecule has 2 rings (SSSR count). The van der Waals surface area contributed by atoms with Crippen LogP contribution in [0.4, 0.5) is 5.69 Å². The third-order valence-electron chi connectivity index (χ3n) is 2.79. The van der Waals surface area contributed by atoms with Crippen LogP contribution in [-0.4, -0.2) is 15.0 Å². The lowest BCUT2D eigenvalue weighted by atomic mass is 10.1. The largest absolute Gasteiger partial charge is 0.398 e. The van der Waals surface area contributed by atoms with E-state index in [-0.39, 0.29) is 0 Å². The van der Waals surface area contributed by atoms with Gasteiger partial charge >= 0.3 is 0 Å².